The molecule has 1 saturated carbocycles. The lowest BCUT2D eigenvalue weighted by molar-refractivity contribution is -0.126. The number of nitrogens with zero attached hydrogens (tertiary/aromatic N) is 5. The smallest absolute Gasteiger partial charge is 0.232 e. The number of halogens is 1. The third-order valence-corrected chi connectivity index (χ3v) is 6.48. The van der Waals surface area contributed by atoms with Gasteiger partial charge in [0, 0.05) is 57.3 Å². The molecular formula is C23H33FN8O. The first-order valence-corrected chi connectivity index (χ1v) is 11.7. The number of carbonyl (C=O) groups excluding carboxylic acids is 1. The minimum atomic E-state index is -0.292. The zero-order valence-electron chi connectivity index (χ0n) is 19.4. The Kier molecular flexibility index (Phi) is 7.54. The van der Waals surface area contributed by atoms with Gasteiger partial charge in [-0.05, 0) is 38.8 Å². The fourth-order valence-corrected chi connectivity index (χ4v) is 4.34. The molecule has 178 valence electrons. The van der Waals surface area contributed by atoms with Crippen molar-refractivity contribution in [1.29, 1.82) is 0 Å². The molecule has 0 radical (unpaired) electrons. The Morgan fingerprint density at radius 2 is 1.73 bits per heavy atom. The molecule has 2 aliphatic rings. The number of likely N-dealkylation sites (N-methyl/N-ethyl adjacent to an activating group) is 1. The van der Waals surface area contributed by atoms with Crippen molar-refractivity contribution < 1.29 is 9.18 Å². The van der Waals surface area contributed by atoms with Crippen LogP contribution >= 0.6 is 0 Å². The summed E-state index contributed by atoms with van der Waals surface area (Å²) in [6.45, 7) is 3.95. The minimum absolute atomic E-state index is 0.00770. The van der Waals surface area contributed by atoms with Gasteiger partial charge in [0.1, 0.15) is 5.82 Å². The van der Waals surface area contributed by atoms with Crippen molar-refractivity contribution in [2.24, 2.45) is 5.92 Å². The van der Waals surface area contributed by atoms with E-state index in [1.54, 1.807) is 25.2 Å². The van der Waals surface area contributed by atoms with Gasteiger partial charge in [-0.15, -0.1) is 0 Å². The van der Waals surface area contributed by atoms with E-state index in [-0.39, 0.29) is 30.2 Å². The summed E-state index contributed by atoms with van der Waals surface area (Å²) in [4.78, 5) is 30.7. The van der Waals surface area contributed by atoms with Gasteiger partial charge in [-0.2, -0.15) is 15.0 Å². The van der Waals surface area contributed by atoms with Crippen LogP contribution in [0.5, 0.6) is 0 Å². The number of piperazine rings is 1. The van der Waals surface area contributed by atoms with Crippen molar-refractivity contribution in [3.63, 3.8) is 0 Å². The Balaban J connectivity index is 1.30. The average molecular weight is 457 g/mol. The van der Waals surface area contributed by atoms with Crippen LogP contribution in [0, 0.1) is 11.7 Å². The van der Waals surface area contributed by atoms with Crippen LogP contribution in [0.25, 0.3) is 0 Å². The number of carbonyl (C=O) groups is 1. The molecule has 1 aliphatic heterocycles. The molecule has 1 saturated heterocycles. The predicted molar refractivity (Wildman–Crippen MR) is 127 cm³/mol. The lowest BCUT2D eigenvalue weighted by atomic mass is 9.85. The van der Waals surface area contributed by atoms with Crippen molar-refractivity contribution in [3.8, 4) is 0 Å². The monoisotopic (exact) mass is 456 g/mol. The highest BCUT2D eigenvalue weighted by Crippen LogP contribution is 2.27. The molecule has 3 N–H and O–H groups in total. The molecule has 0 spiro atoms. The Labute approximate surface area is 194 Å². The second-order valence-electron chi connectivity index (χ2n) is 8.83. The highest BCUT2D eigenvalue weighted by Gasteiger charge is 2.27. The Morgan fingerprint density at radius 3 is 2.42 bits per heavy atom. The standard InChI is InChI=1S/C23H33FN8O/c1-25-21-28-22(30-23(29-21)32-13-11-31(2)12-14-32)27-18-9-7-16(8-10-18)20(33)26-15-17-5-3-4-6-19(17)24/h3-6,16,18H,7-15H2,1-2H3,(H,26,33)(H2,25,27,28,29,30)/t16-,18+. The van der Waals surface area contributed by atoms with E-state index in [0.717, 1.165) is 51.9 Å². The lowest BCUT2D eigenvalue weighted by Crippen LogP contribution is -2.45. The van der Waals surface area contributed by atoms with Crippen molar-refractivity contribution in [2.75, 3.05) is 55.8 Å². The van der Waals surface area contributed by atoms with Gasteiger partial charge in [0.25, 0.3) is 0 Å². The SMILES string of the molecule is CNc1nc(N[C@H]2CC[C@@H](C(=O)NCc3ccccc3F)CC2)nc(N2CCN(C)CC2)n1. The van der Waals surface area contributed by atoms with E-state index >= 15 is 0 Å². The summed E-state index contributed by atoms with van der Waals surface area (Å²) >= 11 is 0. The van der Waals surface area contributed by atoms with Crippen molar-refractivity contribution in [1.82, 2.24) is 25.2 Å². The third-order valence-electron chi connectivity index (χ3n) is 6.48. The summed E-state index contributed by atoms with van der Waals surface area (Å²) in [6.07, 6.45) is 3.25. The van der Waals surface area contributed by atoms with E-state index in [2.05, 4.69) is 47.7 Å². The van der Waals surface area contributed by atoms with E-state index in [1.807, 2.05) is 0 Å². The largest absolute Gasteiger partial charge is 0.357 e. The van der Waals surface area contributed by atoms with Crippen LogP contribution in [0.15, 0.2) is 24.3 Å². The fraction of sp³-hybridized carbons (Fsp3) is 0.565. The number of hydrogen-bond donors (Lipinski definition) is 3. The van der Waals surface area contributed by atoms with Gasteiger partial charge in [-0.25, -0.2) is 4.39 Å². The maximum Gasteiger partial charge on any atom is 0.232 e. The van der Waals surface area contributed by atoms with E-state index in [1.165, 1.54) is 6.07 Å². The summed E-state index contributed by atoms with van der Waals surface area (Å²) in [5, 5.41) is 9.36. The second-order valence-corrected chi connectivity index (χ2v) is 8.83. The van der Waals surface area contributed by atoms with Crippen LogP contribution < -0.4 is 20.9 Å². The quantitative estimate of drug-likeness (QED) is 0.583. The van der Waals surface area contributed by atoms with E-state index in [9.17, 15) is 9.18 Å². The Morgan fingerprint density at radius 1 is 1.03 bits per heavy atom. The molecule has 9 nitrogen and oxygen atoms in total. The molecular weight excluding hydrogens is 423 g/mol. The van der Waals surface area contributed by atoms with Crippen LogP contribution in [0.4, 0.5) is 22.2 Å². The maximum absolute atomic E-state index is 13.8. The molecule has 2 aromatic rings. The van der Waals surface area contributed by atoms with Gasteiger partial charge >= 0.3 is 0 Å². The number of amides is 1. The second kappa shape index (κ2) is 10.7. The summed E-state index contributed by atoms with van der Waals surface area (Å²) < 4.78 is 13.8. The van der Waals surface area contributed by atoms with E-state index < -0.39 is 0 Å². The number of anilines is 3. The van der Waals surface area contributed by atoms with Crippen LogP contribution in [0.3, 0.4) is 0 Å². The molecule has 1 amide bonds. The van der Waals surface area contributed by atoms with Gasteiger partial charge < -0.3 is 25.8 Å². The zero-order chi connectivity index (χ0) is 23.2. The van der Waals surface area contributed by atoms with Gasteiger partial charge in [-0.1, -0.05) is 18.2 Å². The fourth-order valence-electron chi connectivity index (χ4n) is 4.34. The first kappa shape index (κ1) is 23.2. The summed E-state index contributed by atoms with van der Waals surface area (Å²) in [6, 6.07) is 6.73. The van der Waals surface area contributed by atoms with Crippen LogP contribution in [0.2, 0.25) is 0 Å². The molecule has 1 aliphatic carbocycles. The van der Waals surface area contributed by atoms with Gasteiger partial charge in [-0.3, -0.25) is 4.79 Å². The summed E-state index contributed by atoms with van der Waals surface area (Å²) in [5.74, 6) is 1.44. The van der Waals surface area contributed by atoms with Crippen LogP contribution in [0.1, 0.15) is 31.2 Å². The van der Waals surface area contributed by atoms with E-state index in [0.29, 0.717) is 23.4 Å². The molecule has 0 bridgehead atoms. The predicted octanol–water partition coefficient (Wildman–Crippen LogP) is 2.09. The number of rotatable bonds is 7. The molecule has 0 unspecified atom stereocenters. The normalized spacial score (nSPS) is 21.5. The molecule has 4 rings (SSSR count). The average Bonchev–Trinajstić information content (AvgIpc) is 2.84. The highest BCUT2D eigenvalue weighted by molar-refractivity contribution is 5.78. The topological polar surface area (TPSA) is 98.3 Å². The Bertz CT molecular complexity index is 942. The summed E-state index contributed by atoms with van der Waals surface area (Å²) in [7, 11) is 3.92. The summed E-state index contributed by atoms with van der Waals surface area (Å²) in [5.41, 5.74) is 0.507. The van der Waals surface area contributed by atoms with Crippen molar-refractivity contribution in [2.45, 2.75) is 38.3 Å². The first-order chi connectivity index (χ1) is 16.0. The molecule has 2 heterocycles. The number of benzene rings is 1. The van der Waals surface area contributed by atoms with Crippen LogP contribution in [-0.4, -0.2) is 72.1 Å². The highest BCUT2D eigenvalue weighted by atomic mass is 19.1. The molecule has 10 heteroatoms. The minimum Gasteiger partial charge on any atom is -0.357 e. The number of hydrogen-bond acceptors (Lipinski definition) is 8. The molecule has 2 fully saturated rings. The van der Waals surface area contributed by atoms with Gasteiger partial charge in [0.15, 0.2) is 0 Å². The molecule has 1 aromatic carbocycles. The third kappa shape index (κ3) is 6.07. The maximum atomic E-state index is 13.8. The van der Waals surface area contributed by atoms with Crippen molar-refractivity contribution >= 4 is 23.8 Å². The lowest BCUT2D eigenvalue weighted by Gasteiger charge is -2.33. The molecule has 1 aromatic heterocycles. The number of nitrogens with one attached hydrogen (secondary N) is 3. The molecule has 0 atom stereocenters. The van der Waals surface area contributed by atoms with Gasteiger partial charge in [0.2, 0.25) is 23.8 Å². The first-order valence-electron chi connectivity index (χ1n) is 11.7. The molecule has 33 heavy (non-hydrogen) atoms. The van der Waals surface area contributed by atoms with Gasteiger partial charge in [0.05, 0.1) is 0 Å². The van der Waals surface area contributed by atoms with Crippen molar-refractivity contribution in [3.05, 3.63) is 35.6 Å². The van der Waals surface area contributed by atoms with E-state index in [4.69, 9.17) is 0 Å². The zero-order valence-corrected chi connectivity index (χ0v) is 19.4. The van der Waals surface area contributed by atoms with Crippen LogP contribution in [-0.2, 0) is 11.3 Å². The Hall–Kier alpha value is -3.01. The number of aromatic nitrogens is 3.